The Morgan fingerprint density at radius 1 is 0.891 bits per heavy atom. The summed E-state index contributed by atoms with van der Waals surface area (Å²) in [6.07, 6.45) is 3.92. The van der Waals surface area contributed by atoms with Gasteiger partial charge in [0.1, 0.15) is 22.9 Å². The van der Waals surface area contributed by atoms with E-state index in [0.29, 0.717) is 34.8 Å². The highest BCUT2D eigenvalue weighted by molar-refractivity contribution is 5.98. The first-order valence-corrected chi connectivity index (χ1v) is 14.9. The Morgan fingerprint density at radius 3 is 2.33 bits per heavy atom. The van der Waals surface area contributed by atoms with Crippen LogP contribution in [0.5, 0.6) is 0 Å². The summed E-state index contributed by atoms with van der Waals surface area (Å²) in [5.74, 6) is -2.38. The van der Waals surface area contributed by atoms with E-state index in [2.05, 4.69) is 4.98 Å². The van der Waals surface area contributed by atoms with Gasteiger partial charge in [-0.1, -0.05) is 24.3 Å². The van der Waals surface area contributed by atoms with Gasteiger partial charge in [-0.15, -0.1) is 0 Å². The number of hydrogen-bond donors (Lipinski definition) is 0. The highest BCUT2D eigenvalue weighted by atomic mass is 19.3. The van der Waals surface area contributed by atoms with Crippen molar-refractivity contribution in [2.24, 2.45) is 0 Å². The van der Waals surface area contributed by atoms with Crippen molar-refractivity contribution < 1.29 is 31.9 Å². The minimum Gasteiger partial charge on any atom is -0.459 e. The van der Waals surface area contributed by atoms with Gasteiger partial charge in [0.25, 0.3) is 11.8 Å². The topological polar surface area (TPSA) is 75.9 Å². The van der Waals surface area contributed by atoms with Crippen molar-refractivity contribution in [1.82, 2.24) is 14.8 Å². The van der Waals surface area contributed by atoms with Crippen molar-refractivity contribution in [3.05, 3.63) is 120 Å². The molecular weight excluding hydrogens is 595 g/mol. The highest BCUT2D eigenvalue weighted by Crippen LogP contribution is 2.37. The monoisotopic (exact) mass is 623 g/mol. The lowest BCUT2D eigenvalue weighted by atomic mass is 9.96. The van der Waals surface area contributed by atoms with Crippen LogP contribution in [0.1, 0.15) is 34.5 Å². The van der Waals surface area contributed by atoms with Gasteiger partial charge >= 0.3 is 6.09 Å². The van der Waals surface area contributed by atoms with E-state index >= 15 is 0 Å². The maximum Gasteiger partial charge on any atom is 0.415 e. The predicted molar refractivity (Wildman–Crippen MR) is 166 cm³/mol. The molecule has 3 aromatic carbocycles. The van der Waals surface area contributed by atoms with Crippen LogP contribution in [0, 0.1) is 5.82 Å². The molecule has 0 radical (unpaired) electrons. The van der Waals surface area contributed by atoms with Crippen molar-refractivity contribution >= 4 is 28.7 Å². The Labute approximate surface area is 262 Å². The molecule has 0 saturated carbocycles. The molecule has 4 heterocycles. The van der Waals surface area contributed by atoms with Crippen LogP contribution in [0.2, 0.25) is 0 Å². The summed E-state index contributed by atoms with van der Waals surface area (Å²) >= 11 is 0. The molecule has 7 rings (SSSR count). The molecule has 0 atom stereocenters. The molecule has 10 heteroatoms. The third kappa shape index (κ3) is 5.98. The van der Waals surface area contributed by atoms with Crippen LogP contribution in [-0.4, -0.2) is 52.3 Å². The number of nitrogens with zero attached hydrogens (tertiary/aromatic N) is 3. The number of pyridine rings is 1. The largest absolute Gasteiger partial charge is 0.459 e. The van der Waals surface area contributed by atoms with Crippen LogP contribution in [0.3, 0.4) is 0 Å². The molecule has 5 aromatic rings. The number of benzene rings is 3. The van der Waals surface area contributed by atoms with Gasteiger partial charge in [0.05, 0.1) is 6.54 Å². The molecule has 2 amide bonds. The fourth-order valence-electron chi connectivity index (χ4n) is 5.79. The normalized spacial score (nSPS) is 16.3. The van der Waals surface area contributed by atoms with E-state index in [4.69, 9.17) is 9.15 Å². The average molecular weight is 624 g/mol. The number of amides is 2. The van der Waals surface area contributed by atoms with E-state index in [0.717, 1.165) is 27.6 Å². The average Bonchev–Trinajstić information content (AvgIpc) is 3.48. The van der Waals surface area contributed by atoms with Gasteiger partial charge < -0.3 is 14.1 Å². The molecular formula is C36H28F3N3O4. The van der Waals surface area contributed by atoms with Crippen LogP contribution in [0.4, 0.5) is 18.0 Å². The van der Waals surface area contributed by atoms with Gasteiger partial charge in [-0.2, -0.15) is 0 Å². The van der Waals surface area contributed by atoms with Crippen LogP contribution in [-0.2, 0) is 11.3 Å². The van der Waals surface area contributed by atoms with E-state index in [1.807, 2.05) is 42.5 Å². The third-order valence-electron chi connectivity index (χ3n) is 8.32. The maximum atomic E-state index is 13.8. The lowest BCUT2D eigenvalue weighted by Gasteiger charge is -2.31. The Hall–Kier alpha value is -5.38. The minimum atomic E-state index is -2.73. The van der Waals surface area contributed by atoms with E-state index in [-0.39, 0.29) is 44.2 Å². The number of carbonyl (C=O) groups excluding carboxylic acids is 2. The zero-order chi connectivity index (χ0) is 31.8. The van der Waals surface area contributed by atoms with Gasteiger partial charge in [-0.3, -0.25) is 14.7 Å². The van der Waals surface area contributed by atoms with Crippen LogP contribution >= 0.6 is 0 Å². The molecule has 232 valence electrons. The van der Waals surface area contributed by atoms with Gasteiger partial charge in [-0.05, 0) is 77.4 Å². The number of aromatic nitrogens is 1. The Bertz CT molecular complexity index is 1940. The lowest BCUT2D eigenvalue weighted by molar-refractivity contribution is -0.0494. The summed E-state index contributed by atoms with van der Waals surface area (Å²) in [5.41, 5.74) is 4.84. The lowest BCUT2D eigenvalue weighted by Crippen LogP contribution is -2.42. The number of hydrogen-bond acceptors (Lipinski definition) is 5. The standard InChI is InChI=1S/C36H28F3N3O4/c37-29-9-7-24(8-10-29)31-20-27(23-3-5-25(6-4-23)34(43)41-16-12-36(38,39)13-17-41)18-28-19-30(45-33(28)31)22-42-15-11-32(46-35(42)44)26-2-1-14-40-21-26/h1-11,14,18-21H,12-13,15-17,22H2. The van der Waals surface area contributed by atoms with Crippen molar-refractivity contribution in [2.75, 3.05) is 19.6 Å². The first kappa shape index (κ1) is 29.3. The zero-order valence-electron chi connectivity index (χ0n) is 24.6. The molecule has 2 aliphatic rings. The molecule has 1 saturated heterocycles. The number of furan rings is 1. The van der Waals surface area contributed by atoms with E-state index < -0.39 is 12.0 Å². The number of piperidine rings is 1. The number of fused-ring (bicyclic) bond motifs is 1. The van der Waals surface area contributed by atoms with Crippen molar-refractivity contribution in [3.8, 4) is 22.3 Å². The summed E-state index contributed by atoms with van der Waals surface area (Å²) in [5, 5.41) is 0.776. The molecule has 7 nitrogen and oxygen atoms in total. The number of likely N-dealkylation sites (tertiary alicyclic amines) is 1. The SMILES string of the molecule is O=C1OC(c2cccnc2)=CCN1Cc1cc2cc(-c3ccc(C(=O)N4CCC(F)(F)CC4)cc3)cc(-c3ccc(F)cc3)c2o1. The summed E-state index contributed by atoms with van der Waals surface area (Å²) in [6.45, 7) is 0.527. The first-order chi connectivity index (χ1) is 22.2. The van der Waals surface area contributed by atoms with Gasteiger partial charge in [0.2, 0.25) is 0 Å². The Kier molecular flexibility index (Phi) is 7.56. The smallest absolute Gasteiger partial charge is 0.415 e. The maximum absolute atomic E-state index is 13.8. The van der Waals surface area contributed by atoms with E-state index in [9.17, 15) is 22.8 Å². The minimum absolute atomic E-state index is 0.0191. The molecule has 0 N–H and O–H groups in total. The van der Waals surface area contributed by atoms with Crippen molar-refractivity contribution in [1.29, 1.82) is 0 Å². The van der Waals surface area contributed by atoms with Gasteiger partial charge in [-0.25, -0.2) is 18.0 Å². The zero-order valence-corrected chi connectivity index (χ0v) is 24.6. The molecule has 46 heavy (non-hydrogen) atoms. The summed E-state index contributed by atoms with van der Waals surface area (Å²) in [4.78, 5) is 32.9. The quantitative estimate of drug-likeness (QED) is 0.191. The molecule has 1 fully saturated rings. The second-order valence-electron chi connectivity index (χ2n) is 11.4. The number of cyclic esters (lactones) is 1. The van der Waals surface area contributed by atoms with Crippen LogP contribution < -0.4 is 0 Å². The van der Waals surface area contributed by atoms with Crippen molar-refractivity contribution in [2.45, 2.75) is 25.3 Å². The van der Waals surface area contributed by atoms with Crippen LogP contribution in [0.15, 0.2) is 102 Å². The number of ether oxygens (including phenoxy) is 1. The second kappa shape index (κ2) is 11.8. The molecule has 0 unspecified atom stereocenters. The summed E-state index contributed by atoms with van der Waals surface area (Å²) in [6, 6.07) is 22.5. The number of carbonyl (C=O) groups is 2. The Morgan fingerprint density at radius 2 is 1.63 bits per heavy atom. The van der Waals surface area contributed by atoms with Crippen molar-refractivity contribution in [3.63, 3.8) is 0 Å². The highest BCUT2D eigenvalue weighted by Gasteiger charge is 2.35. The number of alkyl halides is 2. The molecule has 0 bridgehead atoms. The summed E-state index contributed by atoms with van der Waals surface area (Å²) in [7, 11) is 0. The Balaban J connectivity index is 1.17. The first-order valence-electron chi connectivity index (χ1n) is 14.9. The predicted octanol–water partition coefficient (Wildman–Crippen LogP) is 8.17. The molecule has 0 aliphatic carbocycles. The fourth-order valence-corrected chi connectivity index (χ4v) is 5.79. The molecule has 0 spiro atoms. The van der Waals surface area contributed by atoms with E-state index in [1.54, 1.807) is 42.7 Å². The number of rotatable bonds is 6. The molecule has 2 aromatic heterocycles. The summed E-state index contributed by atoms with van der Waals surface area (Å²) < 4.78 is 52.9. The van der Waals surface area contributed by atoms with Crippen LogP contribution in [0.25, 0.3) is 39.0 Å². The fraction of sp³-hybridized carbons (Fsp3) is 0.194. The number of halogens is 3. The van der Waals surface area contributed by atoms with E-state index in [1.165, 1.54) is 21.9 Å². The van der Waals surface area contributed by atoms with Gasteiger partial charge in [0, 0.05) is 66.9 Å². The third-order valence-corrected chi connectivity index (χ3v) is 8.32. The molecule has 2 aliphatic heterocycles. The van der Waals surface area contributed by atoms with Gasteiger partial charge in [0.15, 0.2) is 0 Å². The second-order valence-corrected chi connectivity index (χ2v) is 11.4.